The van der Waals surface area contributed by atoms with Crippen LogP contribution in [0.3, 0.4) is 0 Å². The minimum Gasteiger partial charge on any atom is -0.480 e. The molecule has 0 aromatic carbocycles. The summed E-state index contributed by atoms with van der Waals surface area (Å²) in [6.07, 6.45) is 0. The lowest BCUT2D eigenvalue weighted by atomic mass is 10.6. The van der Waals surface area contributed by atoms with Crippen molar-refractivity contribution >= 4 is 5.97 Å². The van der Waals surface area contributed by atoms with Crippen LogP contribution in [0.1, 0.15) is 0 Å². The molecule has 13 nitrogen and oxygen atoms in total. The predicted molar refractivity (Wildman–Crippen MR) is 46.9 cm³/mol. The van der Waals surface area contributed by atoms with Gasteiger partial charge in [-0.2, -0.15) is 0 Å². The molecule has 0 aromatic heterocycles. The van der Waals surface area contributed by atoms with Gasteiger partial charge in [-0.25, -0.2) is 20.2 Å². The van der Waals surface area contributed by atoms with Crippen LogP contribution in [0, 0.1) is 30.3 Å². The van der Waals surface area contributed by atoms with Crippen molar-refractivity contribution in [2.75, 3.05) is 19.9 Å². The summed E-state index contributed by atoms with van der Waals surface area (Å²) in [5.41, 5.74) is 0. The minimum absolute atomic E-state index is 0.0331. The average Bonchev–Trinajstić information content (AvgIpc) is 2.13. The number of aliphatic carboxylic acids is 1. The largest absolute Gasteiger partial charge is 0.480 e. The second-order valence-corrected chi connectivity index (χ2v) is 2.66. The van der Waals surface area contributed by atoms with Crippen LogP contribution < -0.4 is 0 Å². The standard InChI is InChI=1S/C4H7N5O8/c10-4(11)1-5(8(14)15)2-6(9(16)17)3-7(12)13/h1-3H2,(H,10,11). The van der Waals surface area contributed by atoms with E-state index in [9.17, 15) is 35.1 Å². The molecule has 0 saturated carbocycles. The Labute approximate surface area is 92.2 Å². The zero-order valence-electron chi connectivity index (χ0n) is 8.16. The third kappa shape index (κ3) is 5.65. The van der Waals surface area contributed by atoms with Gasteiger partial charge in [0, 0.05) is 4.92 Å². The highest BCUT2D eigenvalue weighted by Crippen LogP contribution is 1.96. The molecule has 0 heterocycles. The normalized spacial score (nSPS) is 9.41. The van der Waals surface area contributed by atoms with E-state index in [2.05, 4.69) is 0 Å². The number of nitro groups is 3. The third-order valence-corrected chi connectivity index (χ3v) is 1.38. The summed E-state index contributed by atoms with van der Waals surface area (Å²) in [6.45, 7) is -3.51. The first kappa shape index (κ1) is 14.3. The molecule has 0 bridgehead atoms. The van der Waals surface area contributed by atoms with Crippen LogP contribution in [0.2, 0.25) is 0 Å². The SMILES string of the molecule is O=C(O)CN(CN(C[N+](=O)[O-])[N+](=O)[O-])[N+](=O)[O-]. The number of carboxylic acids is 1. The minimum atomic E-state index is -1.59. The van der Waals surface area contributed by atoms with Crippen molar-refractivity contribution in [2.24, 2.45) is 0 Å². The summed E-state index contributed by atoms with van der Waals surface area (Å²) < 4.78 is 0. The maximum absolute atomic E-state index is 10.3. The van der Waals surface area contributed by atoms with Crippen molar-refractivity contribution in [3.05, 3.63) is 30.3 Å². The lowest BCUT2D eigenvalue weighted by Gasteiger charge is -2.14. The van der Waals surface area contributed by atoms with Crippen LogP contribution in [0.25, 0.3) is 0 Å². The molecule has 0 aliphatic heterocycles. The van der Waals surface area contributed by atoms with E-state index in [0.29, 0.717) is 0 Å². The Morgan fingerprint density at radius 1 is 1.06 bits per heavy atom. The van der Waals surface area contributed by atoms with Gasteiger partial charge < -0.3 is 5.11 Å². The molecule has 0 spiro atoms. The van der Waals surface area contributed by atoms with Crippen molar-refractivity contribution in [3.8, 4) is 0 Å². The molecule has 0 unspecified atom stereocenters. The van der Waals surface area contributed by atoms with E-state index >= 15 is 0 Å². The quantitative estimate of drug-likeness (QED) is 0.296. The summed E-state index contributed by atoms with van der Waals surface area (Å²) in [5.74, 6) is -1.59. The molecule has 0 atom stereocenters. The number of carboxylic acid groups (broad SMARTS) is 1. The first-order valence-corrected chi connectivity index (χ1v) is 3.86. The van der Waals surface area contributed by atoms with E-state index in [1.165, 1.54) is 0 Å². The number of carbonyl (C=O) groups is 1. The molecule has 17 heavy (non-hydrogen) atoms. The highest BCUT2D eigenvalue weighted by atomic mass is 16.7. The Morgan fingerprint density at radius 3 is 1.82 bits per heavy atom. The number of hydrogen-bond donors (Lipinski definition) is 1. The van der Waals surface area contributed by atoms with Gasteiger partial charge in [-0.05, 0) is 5.01 Å². The van der Waals surface area contributed by atoms with Gasteiger partial charge in [0.05, 0.1) is 0 Å². The third-order valence-electron chi connectivity index (χ3n) is 1.38. The average molecular weight is 253 g/mol. The Balaban J connectivity index is 4.67. The van der Waals surface area contributed by atoms with Gasteiger partial charge in [0.25, 0.3) is 0 Å². The summed E-state index contributed by atoms with van der Waals surface area (Å²) in [6, 6.07) is 0. The van der Waals surface area contributed by atoms with Crippen molar-refractivity contribution in [1.29, 1.82) is 0 Å². The summed E-state index contributed by atoms with van der Waals surface area (Å²) in [7, 11) is 0. The van der Waals surface area contributed by atoms with E-state index in [4.69, 9.17) is 5.11 Å². The molecule has 0 aromatic rings. The Kier molecular flexibility index (Phi) is 5.02. The van der Waals surface area contributed by atoms with Crippen molar-refractivity contribution in [1.82, 2.24) is 10.0 Å². The van der Waals surface area contributed by atoms with Gasteiger partial charge in [0.1, 0.15) is 0 Å². The van der Waals surface area contributed by atoms with Crippen LogP contribution in [0.15, 0.2) is 0 Å². The van der Waals surface area contributed by atoms with Crippen molar-refractivity contribution in [3.63, 3.8) is 0 Å². The van der Waals surface area contributed by atoms with Crippen LogP contribution in [-0.4, -0.2) is 56.0 Å². The zero-order chi connectivity index (χ0) is 13.6. The monoisotopic (exact) mass is 253 g/mol. The first-order chi connectivity index (χ1) is 7.73. The molecular weight excluding hydrogens is 246 g/mol. The summed E-state index contributed by atoms with van der Waals surface area (Å²) >= 11 is 0. The van der Waals surface area contributed by atoms with Crippen molar-refractivity contribution < 1.29 is 24.9 Å². The fraction of sp³-hybridized carbons (Fsp3) is 0.750. The maximum Gasteiger partial charge on any atom is 0.330 e. The van der Waals surface area contributed by atoms with E-state index in [1.807, 2.05) is 0 Å². The molecule has 0 rings (SSSR count). The molecule has 0 fully saturated rings. The van der Waals surface area contributed by atoms with Gasteiger partial charge in [-0.1, -0.05) is 5.01 Å². The van der Waals surface area contributed by atoms with Gasteiger partial charge in [-0.3, -0.25) is 14.9 Å². The van der Waals surface area contributed by atoms with E-state index in [1.54, 1.807) is 0 Å². The van der Waals surface area contributed by atoms with Gasteiger partial charge in [0.15, 0.2) is 16.6 Å². The van der Waals surface area contributed by atoms with E-state index < -0.39 is 40.8 Å². The summed E-state index contributed by atoms with van der Waals surface area (Å²) in [5, 5.41) is 36.4. The van der Waals surface area contributed by atoms with Crippen LogP contribution >= 0.6 is 0 Å². The second kappa shape index (κ2) is 5.99. The highest BCUT2D eigenvalue weighted by molar-refractivity contribution is 5.68. The molecule has 0 aliphatic carbocycles. The van der Waals surface area contributed by atoms with Crippen molar-refractivity contribution in [2.45, 2.75) is 0 Å². The maximum atomic E-state index is 10.3. The van der Waals surface area contributed by atoms with Crippen LogP contribution in [0.5, 0.6) is 0 Å². The predicted octanol–water partition coefficient (Wildman–Crippen LogP) is -1.75. The molecule has 13 heteroatoms. The smallest absolute Gasteiger partial charge is 0.330 e. The Bertz CT molecular complexity index is 311. The lowest BCUT2D eigenvalue weighted by molar-refractivity contribution is -0.739. The van der Waals surface area contributed by atoms with E-state index in [-0.39, 0.29) is 10.0 Å². The highest BCUT2D eigenvalue weighted by Gasteiger charge is 2.30. The number of nitrogens with zero attached hydrogens (tertiary/aromatic N) is 5. The van der Waals surface area contributed by atoms with Gasteiger partial charge in [-0.15, -0.1) is 0 Å². The Morgan fingerprint density at radius 2 is 1.53 bits per heavy atom. The van der Waals surface area contributed by atoms with Gasteiger partial charge >= 0.3 is 12.6 Å². The Hall–Kier alpha value is -2.73. The molecule has 1 N–H and O–H groups in total. The molecule has 0 amide bonds. The van der Waals surface area contributed by atoms with Crippen LogP contribution in [0.4, 0.5) is 0 Å². The molecular formula is C4H7N5O8. The number of hydrazine groups is 2. The molecule has 0 radical (unpaired) electrons. The van der Waals surface area contributed by atoms with Crippen LogP contribution in [-0.2, 0) is 4.79 Å². The first-order valence-electron chi connectivity index (χ1n) is 3.86. The second-order valence-electron chi connectivity index (χ2n) is 2.66. The fourth-order valence-corrected chi connectivity index (χ4v) is 0.785. The van der Waals surface area contributed by atoms with E-state index in [0.717, 1.165) is 0 Å². The summed E-state index contributed by atoms with van der Waals surface area (Å²) in [4.78, 5) is 39.8. The number of rotatable bonds is 8. The molecule has 96 valence electrons. The topological polar surface area (TPSA) is 173 Å². The number of hydrogen-bond acceptors (Lipinski definition) is 7. The molecule has 0 aliphatic rings. The molecule has 0 saturated heterocycles. The zero-order valence-corrected chi connectivity index (χ0v) is 8.16. The fourth-order valence-electron chi connectivity index (χ4n) is 0.785. The van der Waals surface area contributed by atoms with Gasteiger partial charge in [0.2, 0.25) is 6.67 Å². The lowest BCUT2D eigenvalue weighted by Crippen LogP contribution is -2.47.